The van der Waals surface area contributed by atoms with E-state index in [1.54, 1.807) is 12.7 Å². The van der Waals surface area contributed by atoms with E-state index in [0.29, 0.717) is 12.0 Å². The first-order chi connectivity index (χ1) is 5.85. The molecular weight excluding hydrogens is 154 g/mol. The summed E-state index contributed by atoms with van der Waals surface area (Å²) in [4.78, 5) is 0. The fourth-order valence-electron chi connectivity index (χ4n) is 1.59. The van der Waals surface area contributed by atoms with Gasteiger partial charge in [-0.2, -0.15) is 0 Å². The van der Waals surface area contributed by atoms with Gasteiger partial charge in [-0.15, -0.1) is 10.2 Å². The highest BCUT2D eigenvalue weighted by Gasteiger charge is 2.41. The molecule has 0 spiro atoms. The SMILES string of the molecule is OCCC1(Cn2cnnc2)CC1. The highest BCUT2D eigenvalue weighted by molar-refractivity contribution is 4.93. The van der Waals surface area contributed by atoms with Gasteiger partial charge >= 0.3 is 0 Å². The van der Waals surface area contributed by atoms with Crippen LogP contribution in [0.3, 0.4) is 0 Å². The van der Waals surface area contributed by atoms with Crippen LogP contribution in [0.1, 0.15) is 19.3 Å². The van der Waals surface area contributed by atoms with E-state index in [9.17, 15) is 0 Å². The third-order valence-corrected chi connectivity index (χ3v) is 2.58. The van der Waals surface area contributed by atoms with Crippen LogP contribution in [0.15, 0.2) is 12.7 Å². The smallest absolute Gasteiger partial charge is 0.119 e. The van der Waals surface area contributed by atoms with Gasteiger partial charge in [0.25, 0.3) is 0 Å². The lowest BCUT2D eigenvalue weighted by atomic mass is 10.0. The highest BCUT2D eigenvalue weighted by atomic mass is 16.3. The van der Waals surface area contributed by atoms with Crippen molar-refractivity contribution in [2.45, 2.75) is 25.8 Å². The zero-order chi connectivity index (χ0) is 8.44. The van der Waals surface area contributed by atoms with Gasteiger partial charge in [-0.3, -0.25) is 0 Å². The second kappa shape index (κ2) is 2.86. The Balaban J connectivity index is 1.94. The van der Waals surface area contributed by atoms with Crippen molar-refractivity contribution in [1.82, 2.24) is 14.8 Å². The van der Waals surface area contributed by atoms with Crippen molar-refractivity contribution >= 4 is 0 Å². The maximum absolute atomic E-state index is 8.83. The number of aliphatic hydroxyl groups excluding tert-OH is 1. The molecule has 1 aromatic rings. The van der Waals surface area contributed by atoms with Gasteiger partial charge in [-0.05, 0) is 24.7 Å². The summed E-state index contributed by atoms with van der Waals surface area (Å²) >= 11 is 0. The lowest BCUT2D eigenvalue weighted by Crippen LogP contribution is -2.11. The van der Waals surface area contributed by atoms with Crippen LogP contribution in [0.25, 0.3) is 0 Å². The molecule has 0 bridgehead atoms. The number of aliphatic hydroxyl groups is 1. The molecule has 2 rings (SSSR count). The molecule has 66 valence electrons. The molecule has 1 aliphatic rings. The Morgan fingerprint density at radius 2 is 2.00 bits per heavy atom. The summed E-state index contributed by atoms with van der Waals surface area (Å²) in [5.41, 5.74) is 0.358. The number of hydrogen-bond donors (Lipinski definition) is 1. The van der Waals surface area contributed by atoms with Crippen LogP contribution in [0.4, 0.5) is 0 Å². The van der Waals surface area contributed by atoms with Gasteiger partial charge in [0.2, 0.25) is 0 Å². The van der Waals surface area contributed by atoms with Crippen molar-refractivity contribution in [2.75, 3.05) is 6.61 Å². The molecule has 0 radical (unpaired) electrons. The van der Waals surface area contributed by atoms with Crippen LogP contribution >= 0.6 is 0 Å². The van der Waals surface area contributed by atoms with Crippen molar-refractivity contribution in [1.29, 1.82) is 0 Å². The van der Waals surface area contributed by atoms with Crippen LogP contribution in [-0.2, 0) is 6.54 Å². The molecule has 1 heterocycles. The number of hydrogen-bond acceptors (Lipinski definition) is 3. The first-order valence-corrected chi connectivity index (χ1v) is 4.28. The third-order valence-electron chi connectivity index (χ3n) is 2.58. The average Bonchev–Trinajstić information content (AvgIpc) is 2.63. The Kier molecular flexibility index (Phi) is 1.84. The third kappa shape index (κ3) is 1.48. The Labute approximate surface area is 71.2 Å². The molecular formula is C8H13N3O. The molecule has 1 N–H and O–H groups in total. The molecule has 0 amide bonds. The van der Waals surface area contributed by atoms with Crippen LogP contribution < -0.4 is 0 Å². The molecule has 12 heavy (non-hydrogen) atoms. The topological polar surface area (TPSA) is 50.9 Å². The number of aromatic nitrogens is 3. The summed E-state index contributed by atoms with van der Waals surface area (Å²) in [6.07, 6.45) is 6.83. The molecule has 0 atom stereocenters. The maximum Gasteiger partial charge on any atom is 0.119 e. The summed E-state index contributed by atoms with van der Waals surface area (Å²) in [6.45, 7) is 1.25. The lowest BCUT2D eigenvalue weighted by molar-refractivity contribution is 0.236. The average molecular weight is 167 g/mol. The maximum atomic E-state index is 8.83. The summed E-state index contributed by atoms with van der Waals surface area (Å²) in [7, 11) is 0. The largest absolute Gasteiger partial charge is 0.396 e. The van der Waals surface area contributed by atoms with Crippen LogP contribution in [-0.4, -0.2) is 26.5 Å². The van der Waals surface area contributed by atoms with Crippen LogP contribution in [0.2, 0.25) is 0 Å². The molecule has 0 aromatic carbocycles. The zero-order valence-corrected chi connectivity index (χ0v) is 6.98. The van der Waals surface area contributed by atoms with Gasteiger partial charge in [0.05, 0.1) is 0 Å². The summed E-state index contributed by atoms with van der Waals surface area (Å²) in [5.74, 6) is 0. The van der Waals surface area contributed by atoms with E-state index in [-0.39, 0.29) is 0 Å². The second-order valence-electron chi connectivity index (χ2n) is 3.61. The van der Waals surface area contributed by atoms with Gasteiger partial charge in [-0.1, -0.05) is 0 Å². The van der Waals surface area contributed by atoms with E-state index in [4.69, 9.17) is 5.11 Å². The Hall–Kier alpha value is -0.900. The minimum atomic E-state index is 0.294. The minimum Gasteiger partial charge on any atom is -0.396 e. The molecule has 1 aliphatic carbocycles. The van der Waals surface area contributed by atoms with E-state index >= 15 is 0 Å². The molecule has 4 nitrogen and oxygen atoms in total. The van der Waals surface area contributed by atoms with Gasteiger partial charge in [0, 0.05) is 13.2 Å². The fourth-order valence-corrected chi connectivity index (χ4v) is 1.59. The summed E-state index contributed by atoms with van der Waals surface area (Å²) in [6, 6.07) is 0. The monoisotopic (exact) mass is 167 g/mol. The van der Waals surface area contributed by atoms with Gasteiger partial charge in [0.1, 0.15) is 12.7 Å². The summed E-state index contributed by atoms with van der Waals surface area (Å²) < 4.78 is 1.99. The molecule has 1 saturated carbocycles. The van der Waals surface area contributed by atoms with E-state index < -0.39 is 0 Å². The highest BCUT2D eigenvalue weighted by Crippen LogP contribution is 2.49. The second-order valence-corrected chi connectivity index (χ2v) is 3.61. The van der Waals surface area contributed by atoms with Gasteiger partial charge in [-0.25, -0.2) is 0 Å². The molecule has 0 aliphatic heterocycles. The first kappa shape index (κ1) is 7.73. The van der Waals surface area contributed by atoms with E-state index in [1.807, 2.05) is 4.57 Å². The Morgan fingerprint density at radius 1 is 1.33 bits per heavy atom. The van der Waals surface area contributed by atoms with Crippen molar-refractivity contribution in [2.24, 2.45) is 5.41 Å². The normalized spacial score (nSPS) is 19.4. The standard InChI is InChI=1S/C8H13N3O/c12-4-3-8(1-2-8)5-11-6-9-10-7-11/h6-7,12H,1-5H2. The zero-order valence-electron chi connectivity index (χ0n) is 6.98. The number of nitrogens with zero attached hydrogens (tertiary/aromatic N) is 3. The fraction of sp³-hybridized carbons (Fsp3) is 0.750. The summed E-state index contributed by atoms with van der Waals surface area (Å²) in [5, 5.41) is 16.3. The van der Waals surface area contributed by atoms with Crippen LogP contribution in [0.5, 0.6) is 0 Å². The first-order valence-electron chi connectivity index (χ1n) is 4.28. The van der Waals surface area contributed by atoms with Gasteiger partial charge < -0.3 is 9.67 Å². The van der Waals surface area contributed by atoms with Crippen molar-refractivity contribution in [3.63, 3.8) is 0 Å². The van der Waals surface area contributed by atoms with E-state index in [2.05, 4.69) is 10.2 Å². The molecule has 0 unspecified atom stereocenters. The quantitative estimate of drug-likeness (QED) is 0.708. The van der Waals surface area contributed by atoms with Crippen molar-refractivity contribution in [3.8, 4) is 0 Å². The molecule has 1 aromatic heterocycles. The Morgan fingerprint density at radius 3 is 2.50 bits per heavy atom. The van der Waals surface area contributed by atoms with Crippen molar-refractivity contribution in [3.05, 3.63) is 12.7 Å². The minimum absolute atomic E-state index is 0.294. The molecule has 4 heteroatoms. The van der Waals surface area contributed by atoms with E-state index in [1.165, 1.54) is 12.8 Å². The van der Waals surface area contributed by atoms with Crippen molar-refractivity contribution < 1.29 is 5.11 Å². The van der Waals surface area contributed by atoms with Gasteiger partial charge in [0.15, 0.2) is 0 Å². The number of rotatable bonds is 4. The molecule has 0 saturated heterocycles. The van der Waals surface area contributed by atoms with E-state index in [0.717, 1.165) is 13.0 Å². The lowest BCUT2D eigenvalue weighted by Gasteiger charge is -2.12. The molecule has 1 fully saturated rings. The predicted octanol–water partition coefficient (Wildman–Crippen LogP) is 0.441. The predicted molar refractivity (Wildman–Crippen MR) is 43.4 cm³/mol. The van der Waals surface area contributed by atoms with Crippen LogP contribution in [0, 0.1) is 5.41 Å². The Bertz CT molecular complexity index is 241.